The number of carbonyl (C=O) groups excluding carboxylic acids is 2. The fourth-order valence-corrected chi connectivity index (χ4v) is 2.34. The van der Waals surface area contributed by atoms with Crippen LogP contribution in [0.1, 0.15) is 11.1 Å². The quantitative estimate of drug-likeness (QED) is 0.385. The molecule has 0 saturated carbocycles. The standard InChI is InChI=1S/C11H11N3O2/c12-14-10(15)9-5-7-3-1-2-4-8(7)6-13(9)11(14)16/h1-4,9H,5-6,12H2/t9-/m0/s1. The predicted octanol–water partition coefficient (Wildman–Crippen LogP) is 0.249. The van der Waals surface area contributed by atoms with Crippen molar-refractivity contribution in [3.05, 3.63) is 35.4 Å². The average molecular weight is 217 g/mol. The zero-order chi connectivity index (χ0) is 11.3. The molecule has 2 aliphatic heterocycles. The van der Waals surface area contributed by atoms with Crippen molar-refractivity contribution in [2.75, 3.05) is 0 Å². The van der Waals surface area contributed by atoms with Crippen LogP contribution in [0.25, 0.3) is 0 Å². The Morgan fingerprint density at radius 3 is 2.62 bits per heavy atom. The fourth-order valence-electron chi connectivity index (χ4n) is 2.34. The van der Waals surface area contributed by atoms with Crippen LogP contribution in [0.15, 0.2) is 24.3 Å². The third-order valence-electron chi connectivity index (χ3n) is 3.22. The number of carbonyl (C=O) groups is 2. The molecule has 3 amide bonds. The molecule has 16 heavy (non-hydrogen) atoms. The van der Waals surface area contributed by atoms with Gasteiger partial charge in [-0.25, -0.2) is 10.6 Å². The highest BCUT2D eigenvalue weighted by molar-refractivity contribution is 6.03. The number of nitrogens with zero attached hydrogens (tertiary/aromatic N) is 2. The molecule has 0 spiro atoms. The number of urea groups is 1. The molecule has 82 valence electrons. The molecule has 2 N–H and O–H groups in total. The highest BCUT2D eigenvalue weighted by atomic mass is 16.2. The van der Waals surface area contributed by atoms with Crippen molar-refractivity contribution in [3.8, 4) is 0 Å². The van der Waals surface area contributed by atoms with Crippen LogP contribution in [-0.2, 0) is 17.8 Å². The maximum absolute atomic E-state index is 11.7. The van der Waals surface area contributed by atoms with Crippen molar-refractivity contribution in [3.63, 3.8) is 0 Å². The summed E-state index contributed by atoms with van der Waals surface area (Å²) < 4.78 is 0. The lowest BCUT2D eigenvalue weighted by Gasteiger charge is -2.28. The molecule has 1 atom stereocenters. The molecule has 0 radical (unpaired) electrons. The van der Waals surface area contributed by atoms with Crippen molar-refractivity contribution in [2.24, 2.45) is 5.84 Å². The smallest absolute Gasteiger partial charge is 0.306 e. The molecule has 0 bridgehead atoms. The number of rotatable bonds is 0. The molecule has 2 heterocycles. The molecule has 2 aliphatic rings. The van der Waals surface area contributed by atoms with E-state index in [0.717, 1.165) is 16.1 Å². The number of hydrazine groups is 1. The summed E-state index contributed by atoms with van der Waals surface area (Å²) in [6.07, 6.45) is 0.564. The van der Waals surface area contributed by atoms with Crippen molar-refractivity contribution >= 4 is 11.9 Å². The van der Waals surface area contributed by atoms with Gasteiger partial charge in [0.1, 0.15) is 6.04 Å². The summed E-state index contributed by atoms with van der Waals surface area (Å²) in [5.41, 5.74) is 2.22. The maximum atomic E-state index is 11.7. The summed E-state index contributed by atoms with van der Waals surface area (Å²) in [6.45, 7) is 0.471. The van der Waals surface area contributed by atoms with Gasteiger partial charge in [-0.05, 0) is 11.1 Å². The van der Waals surface area contributed by atoms with E-state index >= 15 is 0 Å². The van der Waals surface area contributed by atoms with E-state index in [1.807, 2.05) is 24.3 Å². The second-order valence-corrected chi connectivity index (χ2v) is 4.11. The second kappa shape index (κ2) is 3.05. The van der Waals surface area contributed by atoms with Crippen LogP contribution in [0.5, 0.6) is 0 Å². The van der Waals surface area contributed by atoms with Gasteiger partial charge in [0.2, 0.25) is 0 Å². The van der Waals surface area contributed by atoms with Crippen LogP contribution in [0.4, 0.5) is 4.79 Å². The molecule has 0 aromatic heterocycles. The third kappa shape index (κ3) is 1.09. The number of imide groups is 1. The van der Waals surface area contributed by atoms with Gasteiger partial charge in [0.25, 0.3) is 5.91 Å². The molecule has 0 unspecified atom stereocenters. The van der Waals surface area contributed by atoms with E-state index in [1.54, 1.807) is 0 Å². The second-order valence-electron chi connectivity index (χ2n) is 4.11. The number of benzene rings is 1. The number of nitrogens with two attached hydrogens (primary N) is 1. The Balaban J connectivity index is 2.03. The minimum atomic E-state index is -0.410. The van der Waals surface area contributed by atoms with Crippen LogP contribution in [0.3, 0.4) is 0 Å². The lowest BCUT2D eigenvalue weighted by molar-refractivity contribution is -0.128. The van der Waals surface area contributed by atoms with Gasteiger partial charge in [0.15, 0.2) is 0 Å². The van der Waals surface area contributed by atoms with E-state index in [9.17, 15) is 9.59 Å². The molecule has 3 rings (SSSR count). The van der Waals surface area contributed by atoms with E-state index in [1.165, 1.54) is 4.90 Å². The van der Waals surface area contributed by atoms with E-state index in [0.29, 0.717) is 13.0 Å². The van der Waals surface area contributed by atoms with Crippen LogP contribution in [0, 0.1) is 0 Å². The monoisotopic (exact) mass is 217 g/mol. The summed E-state index contributed by atoms with van der Waals surface area (Å²) in [5.74, 6) is 5.10. The Kier molecular flexibility index (Phi) is 1.79. The molecule has 0 aliphatic carbocycles. The molecule has 5 nitrogen and oxygen atoms in total. The highest BCUT2D eigenvalue weighted by Gasteiger charge is 2.45. The zero-order valence-electron chi connectivity index (χ0n) is 8.59. The number of amides is 3. The van der Waals surface area contributed by atoms with Gasteiger partial charge in [-0.1, -0.05) is 24.3 Å². The van der Waals surface area contributed by atoms with Crippen LogP contribution in [-0.4, -0.2) is 27.9 Å². The lowest BCUT2D eigenvalue weighted by atomic mass is 9.95. The zero-order valence-corrected chi connectivity index (χ0v) is 8.59. The Bertz CT molecular complexity index is 443. The third-order valence-corrected chi connectivity index (χ3v) is 3.22. The molecule has 1 saturated heterocycles. The first-order valence-electron chi connectivity index (χ1n) is 5.14. The Morgan fingerprint density at radius 1 is 1.19 bits per heavy atom. The van der Waals surface area contributed by atoms with Gasteiger partial charge in [0.05, 0.1) is 0 Å². The number of fused-ring (bicyclic) bond motifs is 2. The van der Waals surface area contributed by atoms with Crippen LogP contribution >= 0.6 is 0 Å². The van der Waals surface area contributed by atoms with E-state index < -0.39 is 12.1 Å². The fraction of sp³-hybridized carbons (Fsp3) is 0.273. The Morgan fingerprint density at radius 2 is 1.88 bits per heavy atom. The highest BCUT2D eigenvalue weighted by Crippen LogP contribution is 2.28. The first-order chi connectivity index (χ1) is 7.68. The van der Waals surface area contributed by atoms with Gasteiger partial charge >= 0.3 is 6.03 Å². The van der Waals surface area contributed by atoms with Crippen molar-refractivity contribution in [1.82, 2.24) is 9.91 Å². The molecule has 1 fully saturated rings. The predicted molar refractivity (Wildman–Crippen MR) is 55.9 cm³/mol. The summed E-state index contributed by atoms with van der Waals surface area (Å²) >= 11 is 0. The van der Waals surface area contributed by atoms with Gasteiger partial charge in [-0.3, -0.25) is 4.79 Å². The van der Waals surface area contributed by atoms with Crippen molar-refractivity contribution in [2.45, 2.75) is 19.0 Å². The first-order valence-corrected chi connectivity index (χ1v) is 5.14. The SMILES string of the molecule is NN1C(=O)[C@@H]2Cc3ccccc3CN2C1=O. The lowest BCUT2D eigenvalue weighted by Crippen LogP contribution is -2.40. The van der Waals surface area contributed by atoms with Gasteiger partial charge in [-0.2, -0.15) is 5.01 Å². The van der Waals surface area contributed by atoms with E-state index in [-0.39, 0.29) is 5.91 Å². The molecular weight excluding hydrogens is 206 g/mol. The maximum Gasteiger partial charge on any atom is 0.342 e. The summed E-state index contributed by atoms with van der Waals surface area (Å²) in [4.78, 5) is 24.9. The van der Waals surface area contributed by atoms with E-state index in [4.69, 9.17) is 5.84 Å². The first kappa shape index (κ1) is 9.35. The molecule has 1 aromatic rings. The summed E-state index contributed by atoms with van der Waals surface area (Å²) in [6, 6.07) is 7.03. The molecule has 5 heteroatoms. The van der Waals surface area contributed by atoms with Crippen LogP contribution in [0.2, 0.25) is 0 Å². The average Bonchev–Trinajstić information content (AvgIpc) is 2.52. The number of hydrogen-bond donors (Lipinski definition) is 1. The van der Waals surface area contributed by atoms with Gasteiger partial charge in [0, 0.05) is 13.0 Å². The van der Waals surface area contributed by atoms with E-state index in [2.05, 4.69) is 0 Å². The van der Waals surface area contributed by atoms with Gasteiger partial charge < -0.3 is 4.90 Å². The minimum Gasteiger partial charge on any atom is -0.306 e. The number of hydrogen-bond acceptors (Lipinski definition) is 3. The summed E-state index contributed by atoms with van der Waals surface area (Å²) in [5, 5.41) is 0.719. The minimum absolute atomic E-state index is 0.306. The Labute approximate surface area is 92.4 Å². The normalized spacial score (nSPS) is 23.4. The molecule has 1 aromatic carbocycles. The van der Waals surface area contributed by atoms with Crippen molar-refractivity contribution < 1.29 is 9.59 Å². The largest absolute Gasteiger partial charge is 0.342 e. The summed E-state index contributed by atoms with van der Waals surface area (Å²) in [7, 11) is 0. The molecular formula is C11H11N3O2. The Hall–Kier alpha value is -1.88. The van der Waals surface area contributed by atoms with Crippen molar-refractivity contribution in [1.29, 1.82) is 0 Å². The van der Waals surface area contributed by atoms with Crippen LogP contribution < -0.4 is 5.84 Å². The topological polar surface area (TPSA) is 66.6 Å². The van der Waals surface area contributed by atoms with Gasteiger partial charge in [-0.15, -0.1) is 0 Å².